The van der Waals surface area contributed by atoms with E-state index in [0.29, 0.717) is 0 Å². The summed E-state index contributed by atoms with van der Waals surface area (Å²) in [7, 11) is 0. The maximum absolute atomic E-state index is 10.1. The zero-order valence-corrected chi connectivity index (χ0v) is 13.1. The van der Waals surface area contributed by atoms with E-state index in [4.69, 9.17) is 0 Å². The normalized spacial score (nSPS) is 18.9. The summed E-state index contributed by atoms with van der Waals surface area (Å²) < 4.78 is 0. The average Bonchev–Trinajstić information content (AvgIpc) is 1.88. The zero-order chi connectivity index (χ0) is 7.40. The molecule has 0 radical (unpaired) electrons. The van der Waals surface area contributed by atoms with E-state index in [9.17, 15) is 9.90 Å². The third-order valence-electron chi connectivity index (χ3n) is 1.56. The van der Waals surface area contributed by atoms with Crippen molar-refractivity contribution in [3.8, 4) is 0 Å². The summed E-state index contributed by atoms with van der Waals surface area (Å²) in [5.41, 5.74) is 0. The summed E-state index contributed by atoms with van der Waals surface area (Å²) in [5, 5.41) is 13.2. The first-order chi connectivity index (χ1) is 4.79. The molecule has 1 N–H and O–H groups in total. The van der Waals surface area contributed by atoms with Crippen molar-refractivity contribution in [2.75, 3.05) is 32.7 Å². The van der Waals surface area contributed by atoms with Crippen LogP contribution in [0.3, 0.4) is 0 Å². The van der Waals surface area contributed by atoms with Crippen LogP contribution in [0.2, 0.25) is 0 Å². The first-order valence-corrected chi connectivity index (χ1v) is 3.42. The summed E-state index contributed by atoms with van der Waals surface area (Å²) in [6, 6.07) is 0. The number of hydrogen-bond donors (Lipinski definition) is 1. The molecule has 0 aromatic carbocycles. The van der Waals surface area contributed by atoms with Gasteiger partial charge in [-0.15, -0.1) is 0 Å². The van der Waals surface area contributed by atoms with Gasteiger partial charge in [0.05, 0.1) is 5.97 Å². The van der Waals surface area contributed by atoms with Gasteiger partial charge in [0.15, 0.2) is 0 Å². The molecule has 0 amide bonds. The number of rotatable bonds is 2. The monoisotopic (exact) mass is 276 g/mol. The maximum atomic E-state index is 10.1. The molecule has 0 aromatic rings. The molecule has 0 aliphatic carbocycles. The second-order valence-electron chi connectivity index (χ2n) is 2.40. The first-order valence-electron chi connectivity index (χ1n) is 3.42. The Hall–Kier alpha value is 1.44. The van der Waals surface area contributed by atoms with Crippen LogP contribution in [0.15, 0.2) is 0 Å². The minimum Gasteiger partial charge on any atom is -0.549 e. The summed E-state index contributed by atoms with van der Waals surface area (Å²) in [5.74, 6) is -0.984. The van der Waals surface area contributed by atoms with Crippen molar-refractivity contribution < 1.29 is 78.8 Å². The molecule has 0 saturated carbocycles. The molecule has 0 unspecified atom stereocenters. The van der Waals surface area contributed by atoms with Gasteiger partial charge in [-0.25, -0.2) is 0 Å². The number of nitrogens with one attached hydrogen (secondary N) is 1. The average molecular weight is 276 g/mol. The Morgan fingerprint density at radius 2 is 2.00 bits per heavy atom. The van der Waals surface area contributed by atoms with Gasteiger partial charge >= 0.3 is 68.9 Å². The molecule has 0 bridgehead atoms. The number of carbonyl (C=O) groups is 1. The van der Waals surface area contributed by atoms with Gasteiger partial charge in [0.25, 0.3) is 0 Å². The largest absolute Gasteiger partial charge is 1.00 e. The fraction of sp³-hybridized carbons (Fsp3) is 0.833. The summed E-state index contributed by atoms with van der Waals surface area (Å²) in [4.78, 5) is 12.0. The van der Waals surface area contributed by atoms with Crippen molar-refractivity contribution in [3.63, 3.8) is 0 Å². The number of piperazine rings is 1. The molecule has 1 aliphatic rings. The molecule has 58 valence electrons. The summed E-state index contributed by atoms with van der Waals surface area (Å²) in [6.07, 6.45) is 0. The minimum absolute atomic E-state index is 0. The van der Waals surface area contributed by atoms with Crippen LogP contribution in [0, 0.1) is 0 Å². The SMILES string of the molecule is O=C([O-])CN1CCNCC1.[Cs+]. The smallest absolute Gasteiger partial charge is 0.549 e. The maximum Gasteiger partial charge on any atom is 1.00 e. The number of carboxylic acid groups (broad SMARTS) is 1. The fourth-order valence-corrected chi connectivity index (χ4v) is 1.05. The molecule has 4 nitrogen and oxygen atoms in total. The van der Waals surface area contributed by atoms with E-state index >= 15 is 0 Å². The van der Waals surface area contributed by atoms with Crippen molar-refractivity contribution in [1.82, 2.24) is 10.2 Å². The van der Waals surface area contributed by atoms with Gasteiger partial charge in [-0.2, -0.15) is 0 Å². The molecule has 11 heavy (non-hydrogen) atoms. The fourth-order valence-electron chi connectivity index (χ4n) is 1.05. The molecular formula is C6H11CsN2O2. The third kappa shape index (κ3) is 5.65. The molecule has 0 atom stereocenters. The topological polar surface area (TPSA) is 55.4 Å². The van der Waals surface area contributed by atoms with Gasteiger partial charge in [0.2, 0.25) is 0 Å². The Morgan fingerprint density at radius 3 is 2.45 bits per heavy atom. The van der Waals surface area contributed by atoms with Crippen LogP contribution >= 0.6 is 0 Å². The van der Waals surface area contributed by atoms with Crippen LogP contribution in [0.5, 0.6) is 0 Å². The van der Waals surface area contributed by atoms with Gasteiger partial charge in [-0.05, 0) is 0 Å². The summed E-state index contributed by atoms with van der Waals surface area (Å²) in [6.45, 7) is 3.46. The van der Waals surface area contributed by atoms with Gasteiger partial charge in [0.1, 0.15) is 0 Å². The predicted octanol–water partition coefficient (Wildman–Crippen LogP) is -5.35. The van der Waals surface area contributed by atoms with Gasteiger partial charge < -0.3 is 15.2 Å². The summed E-state index contributed by atoms with van der Waals surface area (Å²) >= 11 is 0. The van der Waals surface area contributed by atoms with Crippen LogP contribution < -0.4 is 79.3 Å². The Labute approximate surface area is 125 Å². The standard InChI is InChI=1S/C6H12N2O2.Cs/c9-6(10)5-8-3-1-7-2-4-8;/h7H,1-5H2,(H,9,10);/q;+1/p-1. The molecule has 0 aromatic heterocycles. The van der Waals surface area contributed by atoms with E-state index in [1.165, 1.54) is 0 Å². The van der Waals surface area contributed by atoms with E-state index in [-0.39, 0.29) is 75.4 Å². The van der Waals surface area contributed by atoms with Crippen molar-refractivity contribution in [1.29, 1.82) is 0 Å². The van der Waals surface area contributed by atoms with E-state index in [1.807, 2.05) is 4.90 Å². The van der Waals surface area contributed by atoms with Crippen LogP contribution in [0.25, 0.3) is 0 Å². The van der Waals surface area contributed by atoms with E-state index in [0.717, 1.165) is 26.2 Å². The number of carbonyl (C=O) groups excluding carboxylic acids is 1. The molecule has 5 heteroatoms. The second kappa shape index (κ2) is 6.90. The molecule has 1 aliphatic heterocycles. The zero-order valence-electron chi connectivity index (χ0n) is 6.80. The van der Waals surface area contributed by atoms with Gasteiger partial charge in [-0.1, -0.05) is 0 Å². The molecular weight excluding hydrogens is 265 g/mol. The number of aliphatic carboxylic acids is 1. The van der Waals surface area contributed by atoms with Crippen LogP contribution in [-0.2, 0) is 4.79 Å². The molecule has 1 saturated heterocycles. The predicted molar refractivity (Wildman–Crippen MR) is 34.3 cm³/mol. The molecule has 1 rings (SSSR count). The third-order valence-corrected chi connectivity index (χ3v) is 1.56. The van der Waals surface area contributed by atoms with Crippen LogP contribution in [-0.4, -0.2) is 43.6 Å². The first kappa shape index (κ1) is 12.4. The number of carboxylic acids is 1. The molecule has 0 spiro atoms. The van der Waals surface area contributed by atoms with Crippen LogP contribution in [0.1, 0.15) is 0 Å². The van der Waals surface area contributed by atoms with E-state index < -0.39 is 5.97 Å². The second-order valence-corrected chi connectivity index (χ2v) is 2.40. The van der Waals surface area contributed by atoms with Crippen molar-refractivity contribution >= 4 is 5.97 Å². The van der Waals surface area contributed by atoms with Crippen LogP contribution in [0.4, 0.5) is 0 Å². The quantitative estimate of drug-likeness (QED) is 0.547. The molecule has 1 fully saturated rings. The van der Waals surface area contributed by atoms with E-state index in [1.54, 1.807) is 0 Å². The minimum atomic E-state index is -0.984. The van der Waals surface area contributed by atoms with Gasteiger partial charge in [-0.3, -0.25) is 4.90 Å². The Balaban J connectivity index is 0.000001000. The van der Waals surface area contributed by atoms with Crippen molar-refractivity contribution in [3.05, 3.63) is 0 Å². The Kier molecular flexibility index (Phi) is 7.81. The Bertz CT molecular complexity index is 126. The van der Waals surface area contributed by atoms with E-state index in [2.05, 4.69) is 5.32 Å². The molecule has 1 heterocycles. The van der Waals surface area contributed by atoms with Crippen molar-refractivity contribution in [2.24, 2.45) is 0 Å². The van der Waals surface area contributed by atoms with Crippen molar-refractivity contribution in [2.45, 2.75) is 0 Å². The Morgan fingerprint density at radius 1 is 1.45 bits per heavy atom. The number of nitrogens with zero attached hydrogens (tertiary/aromatic N) is 1. The number of hydrogen-bond acceptors (Lipinski definition) is 4. The van der Waals surface area contributed by atoms with Gasteiger partial charge in [0, 0.05) is 32.7 Å².